The Labute approximate surface area is 177 Å². The SMILES string of the molecule is O=C(NC1CCCC1)N1CCC2(C1)c1ccccc1S(=O)(=O)N2Cc1ccccc1. The third-order valence-electron chi connectivity index (χ3n) is 6.82. The number of sulfonamides is 1. The number of nitrogens with zero attached hydrogens (tertiary/aromatic N) is 2. The first kappa shape index (κ1) is 19.6. The van der Waals surface area contributed by atoms with Gasteiger partial charge in [0, 0.05) is 25.7 Å². The summed E-state index contributed by atoms with van der Waals surface area (Å²) in [6, 6.07) is 17.1. The number of likely N-dealkylation sites (tertiary alicyclic amines) is 1. The molecule has 2 amide bonds. The van der Waals surface area contributed by atoms with Crippen LogP contribution in [-0.4, -0.2) is 42.8 Å². The Bertz CT molecular complexity index is 1050. The number of benzene rings is 2. The van der Waals surface area contributed by atoms with Crippen molar-refractivity contribution < 1.29 is 13.2 Å². The monoisotopic (exact) mass is 425 g/mol. The summed E-state index contributed by atoms with van der Waals surface area (Å²) in [6.45, 7) is 1.23. The molecular formula is C23H27N3O3S. The van der Waals surface area contributed by atoms with Crippen molar-refractivity contribution in [2.75, 3.05) is 13.1 Å². The fourth-order valence-electron chi connectivity index (χ4n) is 5.27. The summed E-state index contributed by atoms with van der Waals surface area (Å²) in [4.78, 5) is 15.1. The zero-order chi connectivity index (χ0) is 20.8. The summed E-state index contributed by atoms with van der Waals surface area (Å²) in [5.74, 6) is 0. The van der Waals surface area contributed by atoms with E-state index in [2.05, 4.69) is 5.32 Å². The number of hydrogen-bond acceptors (Lipinski definition) is 3. The van der Waals surface area contributed by atoms with Crippen LogP contribution in [0.2, 0.25) is 0 Å². The Morgan fingerprint density at radius 3 is 2.50 bits per heavy atom. The molecule has 5 rings (SSSR count). The Balaban J connectivity index is 1.48. The zero-order valence-electron chi connectivity index (χ0n) is 17.0. The van der Waals surface area contributed by atoms with Crippen LogP contribution in [0.5, 0.6) is 0 Å². The maximum Gasteiger partial charge on any atom is 0.317 e. The minimum Gasteiger partial charge on any atom is -0.335 e. The fraction of sp³-hybridized carbons (Fsp3) is 0.435. The lowest BCUT2D eigenvalue weighted by molar-refractivity contribution is 0.176. The van der Waals surface area contributed by atoms with Crippen molar-refractivity contribution in [3.8, 4) is 0 Å². The molecule has 1 saturated carbocycles. The van der Waals surface area contributed by atoms with Gasteiger partial charge in [0.15, 0.2) is 0 Å². The molecule has 2 aromatic rings. The van der Waals surface area contributed by atoms with E-state index in [0.717, 1.165) is 36.8 Å². The molecule has 3 aliphatic rings. The minimum absolute atomic E-state index is 0.0692. The molecule has 1 atom stereocenters. The van der Waals surface area contributed by atoms with Crippen molar-refractivity contribution in [1.82, 2.24) is 14.5 Å². The van der Waals surface area contributed by atoms with Crippen molar-refractivity contribution in [3.05, 3.63) is 65.7 Å². The lowest BCUT2D eigenvalue weighted by Gasteiger charge is -2.34. The summed E-state index contributed by atoms with van der Waals surface area (Å²) < 4.78 is 28.7. The number of carbonyl (C=O) groups is 1. The van der Waals surface area contributed by atoms with Gasteiger partial charge in [-0.2, -0.15) is 4.31 Å². The van der Waals surface area contributed by atoms with Crippen LogP contribution in [0.1, 0.15) is 43.2 Å². The molecule has 1 unspecified atom stereocenters. The van der Waals surface area contributed by atoms with Crippen molar-refractivity contribution in [3.63, 3.8) is 0 Å². The highest BCUT2D eigenvalue weighted by Gasteiger charge is 2.57. The maximum atomic E-state index is 13.5. The smallest absolute Gasteiger partial charge is 0.317 e. The predicted octanol–water partition coefficient (Wildman–Crippen LogP) is 3.44. The standard InChI is InChI=1S/C23H27N3O3S/c27-22(24-19-10-4-5-11-19)25-15-14-23(17-25)20-12-6-7-13-21(20)30(28,29)26(23)16-18-8-2-1-3-9-18/h1-3,6-9,12-13,19H,4-5,10-11,14-17H2,(H,24,27). The lowest BCUT2D eigenvalue weighted by Crippen LogP contribution is -2.48. The van der Waals surface area contributed by atoms with Crippen LogP contribution >= 0.6 is 0 Å². The molecule has 1 N–H and O–H groups in total. The number of fused-ring (bicyclic) bond motifs is 2. The molecule has 1 saturated heterocycles. The Morgan fingerprint density at radius 1 is 1.03 bits per heavy atom. The topological polar surface area (TPSA) is 69.7 Å². The Kier molecular flexibility index (Phi) is 4.82. The summed E-state index contributed by atoms with van der Waals surface area (Å²) >= 11 is 0. The van der Waals surface area contributed by atoms with Crippen LogP contribution in [-0.2, 0) is 22.1 Å². The van der Waals surface area contributed by atoms with Gasteiger partial charge in [-0.15, -0.1) is 0 Å². The molecule has 0 bridgehead atoms. The second-order valence-electron chi connectivity index (χ2n) is 8.63. The highest BCUT2D eigenvalue weighted by Crippen LogP contribution is 2.50. The molecule has 2 heterocycles. The van der Waals surface area contributed by atoms with Crippen LogP contribution in [0.3, 0.4) is 0 Å². The predicted molar refractivity (Wildman–Crippen MR) is 114 cm³/mol. The molecule has 0 radical (unpaired) electrons. The highest BCUT2D eigenvalue weighted by molar-refractivity contribution is 7.89. The number of hydrogen-bond donors (Lipinski definition) is 1. The van der Waals surface area contributed by atoms with Gasteiger partial charge in [0.05, 0.1) is 10.4 Å². The van der Waals surface area contributed by atoms with E-state index in [1.807, 2.05) is 42.5 Å². The van der Waals surface area contributed by atoms with E-state index in [-0.39, 0.29) is 12.1 Å². The van der Waals surface area contributed by atoms with Gasteiger partial charge in [0.1, 0.15) is 0 Å². The van der Waals surface area contributed by atoms with Crippen molar-refractivity contribution in [1.29, 1.82) is 0 Å². The van der Waals surface area contributed by atoms with Crippen LogP contribution in [0, 0.1) is 0 Å². The fourth-order valence-corrected chi connectivity index (χ4v) is 7.32. The van der Waals surface area contributed by atoms with Gasteiger partial charge in [0.2, 0.25) is 10.0 Å². The van der Waals surface area contributed by atoms with Crippen LogP contribution in [0.4, 0.5) is 4.79 Å². The second kappa shape index (κ2) is 7.39. The second-order valence-corrected chi connectivity index (χ2v) is 10.5. The number of urea groups is 1. The van der Waals surface area contributed by atoms with Gasteiger partial charge >= 0.3 is 6.03 Å². The highest BCUT2D eigenvalue weighted by atomic mass is 32.2. The average molecular weight is 426 g/mol. The normalized spacial score (nSPS) is 25.7. The molecule has 0 aromatic heterocycles. The van der Waals surface area contributed by atoms with Gasteiger partial charge < -0.3 is 10.2 Å². The maximum absolute atomic E-state index is 13.5. The third-order valence-corrected chi connectivity index (χ3v) is 8.79. The molecule has 2 aliphatic heterocycles. The van der Waals surface area contributed by atoms with E-state index < -0.39 is 15.6 Å². The number of nitrogens with one attached hydrogen (secondary N) is 1. The minimum atomic E-state index is -3.63. The van der Waals surface area contributed by atoms with E-state index in [9.17, 15) is 13.2 Å². The first-order valence-corrected chi connectivity index (χ1v) is 12.2. The summed E-state index contributed by atoms with van der Waals surface area (Å²) in [7, 11) is -3.63. The Morgan fingerprint density at radius 2 is 1.73 bits per heavy atom. The number of carbonyl (C=O) groups excluding carboxylic acids is 1. The van der Waals surface area contributed by atoms with Crippen molar-refractivity contribution in [2.24, 2.45) is 0 Å². The van der Waals surface area contributed by atoms with Crippen LogP contribution in [0.25, 0.3) is 0 Å². The average Bonchev–Trinajstić information content (AvgIpc) is 3.46. The molecule has 1 aliphatic carbocycles. The molecule has 1 spiro atoms. The zero-order valence-corrected chi connectivity index (χ0v) is 17.8. The summed E-state index contributed by atoms with van der Waals surface area (Å²) in [6.07, 6.45) is 4.98. The van der Waals surface area contributed by atoms with Gasteiger partial charge in [-0.1, -0.05) is 61.4 Å². The molecule has 2 fully saturated rings. The van der Waals surface area contributed by atoms with Gasteiger partial charge in [-0.25, -0.2) is 13.2 Å². The largest absolute Gasteiger partial charge is 0.335 e. The van der Waals surface area contributed by atoms with Gasteiger partial charge in [-0.3, -0.25) is 0 Å². The van der Waals surface area contributed by atoms with Crippen molar-refractivity contribution in [2.45, 2.75) is 55.1 Å². The van der Waals surface area contributed by atoms with Crippen LogP contribution in [0.15, 0.2) is 59.5 Å². The van der Waals surface area contributed by atoms with Crippen molar-refractivity contribution >= 4 is 16.1 Å². The van der Waals surface area contributed by atoms with Gasteiger partial charge in [0.25, 0.3) is 0 Å². The lowest BCUT2D eigenvalue weighted by atomic mass is 9.88. The molecule has 2 aromatic carbocycles. The quantitative estimate of drug-likeness (QED) is 0.819. The number of rotatable bonds is 3. The summed E-state index contributed by atoms with van der Waals surface area (Å²) in [5.41, 5.74) is 1.05. The van der Waals surface area contributed by atoms with E-state index in [0.29, 0.717) is 31.0 Å². The molecule has 158 valence electrons. The molecule has 7 heteroatoms. The molecular weight excluding hydrogens is 398 g/mol. The van der Waals surface area contributed by atoms with Crippen LogP contribution < -0.4 is 5.32 Å². The molecule has 30 heavy (non-hydrogen) atoms. The first-order chi connectivity index (χ1) is 14.5. The third kappa shape index (κ3) is 3.11. The first-order valence-electron chi connectivity index (χ1n) is 10.7. The van der Waals surface area contributed by atoms with Gasteiger partial charge in [-0.05, 0) is 36.5 Å². The molecule has 6 nitrogen and oxygen atoms in total. The van der Waals surface area contributed by atoms with E-state index in [4.69, 9.17) is 0 Å². The van der Waals surface area contributed by atoms with E-state index in [1.54, 1.807) is 21.3 Å². The Hall–Kier alpha value is -2.38. The van der Waals surface area contributed by atoms with E-state index in [1.165, 1.54) is 0 Å². The number of amides is 2. The summed E-state index contributed by atoms with van der Waals surface area (Å²) in [5, 5.41) is 3.16. The van der Waals surface area contributed by atoms with E-state index >= 15 is 0 Å².